The number of para-hydroxylation sites is 1. The lowest BCUT2D eigenvalue weighted by Crippen LogP contribution is -2.19. The van der Waals surface area contributed by atoms with Crippen LogP contribution in [0.2, 0.25) is 5.02 Å². The Hall–Kier alpha value is -2.96. The molecule has 5 nitrogen and oxygen atoms in total. The van der Waals surface area contributed by atoms with E-state index in [2.05, 4.69) is 20.9 Å². The van der Waals surface area contributed by atoms with Crippen molar-refractivity contribution in [3.05, 3.63) is 81.5 Å². The van der Waals surface area contributed by atoms with E-state index in [1.165, 1.54) is 11.8 Å². The number of aromatic nitrogens is 1. The average molecular weight is 438 g/mol. The van der Waals surface area contributed by atoms with Crippen molar-refractivity contribution < 1.29 is 9.53 Å². The Balaban J connectivity index is 1.63. The monoisotopic (exact) mass is 437 g/mol. The van der Waals surface area contributed by atoms with Gasteiger partial charge in [-0.25, -0.2) is 4.99 Å². The van der Waals surface area contributed by atoms with Crippen molar-refractivity contribution in [3.8, 4) is 11.4 Å². The number of hydrogen-bond acceptors (Lipinski definition) is 4. The molecule has 3 aromatic rings. The number of methoxy groups -OCH3 is 1. The molecule has 152 valence electrons. The van der Waals surface area contributed by atoms with Crippen molar-refractivity contribution in [2.75, 3.05) is 7.11 Å². The van der Waals surface area contributed by atoms with E-state index in [1.54, 1.807) is 13.2 Å². The summed E-state index contributed by atoms with van der Waals surface area (Å²) in [5.41, 5.74) is 4.79. The van der Waals surface area contributed by atoms with Gasteiger partial charge in [0, 0.05) is 17.1 Å². The van der Waals surface area contributed by atoms with Gasteiger partial charge >= 0.3 is 0 Å². The van der Waals surface area contributed by atoms with E-state index < -0.39 is 0 Å². The highest BCUT2D eigenvalue weighted by Crippen LogP contribution is 2.32. The van der Waals surface area contributed by atoms with E-state index >= 15 is 0 Å². The molecule has 2 heterocycles. The van der Waals surface area contributed by atoms with Gasteiger partial charge in [-0.15, -0.1) is 0 Å². The van der Waals surface area contributed by atoms with Crippen LogP contribution in [0.1, 0.15) is 17.0 Å². The van der Waals surface area contributed by atoms with E-state index in [0.29, 0.717) is 20.8 Å². The zero-order chi connectivity index (χ0) is 21.3. The van der Waals surface area contributed by atoms with E-state index in [4.69, 9.17) is 16.3 Å². The lowest BCUT2D eigenvalue weighted by molar-refractivity contribution is -0.115. The first-order valence-corrected chi connectivity index (χ1v) is 10.5. The molecule has 0 aliphatic carbocycles. The zero-order valence-corrected chi connectivity index (χ0v) is 18.3. The second-order valence-corrected chi connectivity index (χ2v) is 8.23. The third-order valence-corrected chi connectivity index (χ3v) is 6.04. The Morgan fingerprint density at radius 1 is 1.13 bits per heavy atom. The second kappa shape index (κ2) is 8.42. The Kier molecular flexibility index (Phi) is 5.70. The Labute approximate surface area is 184 Å². The van der Waals surface area contributed by atoms with Gasteiger partial charge in [-0.05, 0) is 79.7 Å². The minimum Gasteiger partial charge on any atom is -0.497 e. The molecule has 2 aromatic carbocycles. The van der Waals surface area contributed by atoms with Crippen LogP contribution in [0.15, 0.2) is 64.5 Å². The standard InChI is InChI=1S/C23H20ClN3O2S/c1-14-12-16(15(2)27(14)17-8-10-18(29-3)11-9-17)13-21-22(28)26-23(30-21)25-20-7-5-4-6-19(20)24/h4-13H,1-3H3,(H,25,26,28)/b21-13+. The molecule has 0 radical (unpaired) electrons. The summed E-state index contributed by atoms with van der Waals surface area (Å²) in [6.07, 6.45) is 1.90. The second-order valence-electron chi connectivity index (χ2n) is 6.79. The molecule has 1 aromatic heterocycles. The zero-order valence-electron chi connectivity index (χ0n) is 16.8. The van der Waals surface area contributed by atoms with Crippen LogP contribution in [-0.4, -0.2) is 22.8 Å². The minimum atomic E-state index is -0.167. The first-order valence-electron chi connectivity index (χ1n) is 9.34. The molecule has 1 aliphatic heterocycles. The van der Waals surface area contributed by atoms with Crippen molar-refractivity contribution in [1.82, 2.24) is 9.88 Å². The molecule has 30 heavy (non-hydrogen) atoms. The number of carbonyl (C=O) groups is 1. The number of nitrogens with one attached hydrogen (secondary N) is 1. The number of aryl methyl sites for hydroxylation is 1. The summed E-state index contributed by atoms with van der Waals surface area (Å²) < 4.78 is 7.40. The Bertz CT molecular complexity index is 1180. The SMILES string of the molecule is COc1ccc(-n2c(C)cc(/C=C3/SC(=Nc4ccccc4Cl)NC3=O)c2C)cc1. The van der Waals surface area contributed by atoms with Crippen molar-refractivity contribution in [2.24, 2.45) is 4.99 Å². The van der Waals surface area contributed by atoms with Gasteiger partial charge in [0.05, 0.1) is 22.7 Å². The summed E-state index contributed by atoms with van der Waals surface area (Å²) in [5.74, 6) is 0.646. The lowest BCUT2D eigenvalue weighted by atomic mass is 10.2. The molecule has 1 saturated heterocycles. The number of benzene rings is 2. The fourth-order valence-electron chi connectivity index (χ4n) is 3.34. The molecular formula is C23H20ClN3O2S. The summed E-state index contributed by atoms with van der Waals surface area (Å²) in [5, 5.41) is 3.87. The predicted octanol–water partition coefficient (Wildman–Crippen LogP) is 5.65. The number of hydrogen-bond donors (Lipinski definition) is 1. The van der Waals surface area contributed by atoms with Gasteiger partial charge in [0.25, 0.3) is 5.91 Å². The van der Waals surface area contributed by atoms with Gasteiger partial charge in [0.2, 0.25) is 0 Å². The molecule has 7 heteroatoms. The Morgan fingerprint density at radius 3 is 2.57 bits per heavy atom. The maximum atomic E-state index is 12.5. The van der Waals surface area contributed by atoms with Crippen molar-refractivity contribution in [1.29, 1.82) is 0 Å². The number of ether oxygens (including phenoxy) is 1. The summed E-state index contributed by atoms with van der Waals surface area (Å²) in [6.45, 7) is 4.09. The fourth-order valence-corrected chi connectivity index (χ4v) is 4.34. The molecule has 4 rings (SSSR count). The first-order chi connectivity index (χ1) is 14.5. The number of halogens is 1. The fraction of sp³-hybridized carbons (Fsp3) is 0.130. The largest absolute Gasteiger partial charge is 0.497 e. The number of aliphatic imine (C=N–C) groups is 1. The molecule has 0 unspecified atom stereocenters. The minimum absolute atomic E-state index is 0.167. The molecular weight excluding hydrogens is 418 g/mol. The number of amides is 1. The van der Waals surface area contributed by atoms with Gasteiger partial charge in [-0.3, -0.25) is 4.79 Å². The van der Waals surface area contributed by atoms with Gasteiger partial charge in [-0.2, -0.15) is 0 Å². The smallest absolute Gasteiger partial charge is 0.264 e. The van der Waals surface area contributed by atoms with Crippen molar-refractivity contribution in [2.45, 2.75) is 13.8 Å². The molecule has 0 bridgehead atoms. The molecule has 1 amide bonds. The predicted molar refractivity (Wildman–Crippen MR) is 124 cm³/mol. The van der Waals surface area contributed by atoms with Crippen LogP contribution in [0, 0.1) is 13.8 Å². The van der Waals surface area contributed by atoms with Crippen molar-refractivity contribution in [3.63, 3.8) is 0 Å². The molecule has 1 aliphatic rings. The van der Waals surface area contributed by atoms with Crippen LogP contribution in [0.4, 0.5) is 5.69 Å². The molecule has 1 N–H and O–H groups in total. The maximum absolute atomic E-state index is 12.5. The first kappa shape index (κ1) is 20.3. The van der Waals surface area contributed by atoms with E-state index in [1.807, 2.05) is 62.4 Å². The van der Waals surface area contributed by atoms with Crippen LogP contribution >= 0.6 is 23.4 Å². The third-order valence-electron chi connectivity index (χ3n) is 4.81. The van der Waals surface area contributed by atoms with Crippen LogP contribution in [0.3, 0.4) is 0 Å². The molecule has 0 saturated carbocycles. The molecule has 0 spiro atoms. The van der Waals surface area contributed by atoms with Crippen LogP contribution < -0.4 is 10.1 Å². The highest BCUT2D eigenvalue weighted by Gasteiger charge is 2.25. The van der Waals surface area contributed by atoms with Crippen LogP contribution in [-0.2, 0) is 4.79 Å². The van der Waals surface area contributed by atoms with E-state index in [-0.39, 0.29) is 5.91 Å². The normalized spacial score (nSPS) is 16.3. The van der Waals surface area contributed by atoms with Gasteiger partial charge in [0.15, 0.2) is 5.17 Å². The molecule has 1 fully saturated rings. The quantitative estimate of drug-likeness (QED) is 0.537. The summed E-state index contributed by atoms with van der Waals surface area (Å²) in [4.78, 5) is 17.5. The number of nitrogens with zero attached hydrogens (tertiary/aromatic N) is 2. The van der Waals surface area contributed by atoms with E-state index in [0.717, 1.165) is 28.4 Å². The highest BCUT2D eigenvalue weighted by molar-refractivity contribution is 8.18. The van der Waals surface area contributed by atoms with Crippen LogP contribution in [0.5, 0.6) is 5.75 Å². The van der Waals surface area contributed by atoms with Crippen LogP contribution in [0.25, 0.3) is 11.8 Å². The van der Waals surface area contributed by atoms with Gasteiger partial charge in [-0.1, -0.05) is 23.7 Å². The number of thioether (sulfide) groups is 1. The number of amidine groups is 1. The summed E-state index contributed by atoms with van der Waals surface area (Å²) in [6, 6.07) is 17.3. The van der Waals surface area contributed by atoms with Crippen molar-refractivity contribution >= 4 is 46.2 Å². The Morgan fingerprint density at radius 2 is 1.87 bits per heavy atom. The maximum Gasteiger partial charge on any atom is 0.264 e. The third kappa shape index (κ3) is 4.01. The van der Waals surface area contributed by atoms with E-state index in [9.17, 15) is 4.79 Å². The molecule has 0 atom stereocenters. The average Bonchev–Trinajstić information content (AvgIpc) is 3.22. The lowest BCUT2D eigenvalue weighted by Gasteiger charge is -2.10. The number of carbonyl (C=O) groups excluding carboxylic acids is 1. The highest BCUT2D eigenvalue weighted by atomic mass is 35.5. The summed E-state index contributed by atoms with van der Waals surface area (Å²) in [7, 11) is 1.65. The van der Waals surface area contributed by atoms with Gasteiger partial charge < -0.3 is 14.6 Å². The number of rotatable bonds is 4. The topological polar surface area (TPSA) is 55.6 Å². The van der Waals surface area contributed by atoms with Gasteiger partial charge in [0.1, 0.15) is 5.75 Å². The summed E-state index contributed by atoms with van der Waals surface area (Å²) >= 11 is 7.48.